The summed E-state index contributed by atoms with van der Waals surface area (Å²) < 4.78 is 7.24. The Morgan fingerprint density at radius 2 is 2.16 bits per heavy atom. The van der Waals surface area contributed by atoms with Crippen molar-refractivity contribution in [2.75, 3.05) is 12.4 Å². The van der Waals surface area contributed by atoms with Gasteiger partial charge in [-0.05, 0) is 46.1 Å². The molecule has 0 bridgehead atoms. The van der Waals surface area contributed by atoms with E-state index in [1.54, 1.807) is 40.3 Å². The monoisotopic (exact) mass is 373 g/mol. The van der Waals surface area contributed by atoms with Gasteiger partial charge in [0, 0.05) is 10.6 Å². The van der Waals surface area contributed by atoms with E-state index >= 15 is 0 Å². The van der Waals surface area contributed by atoms with Crippen LogP contribution in [0.3, 0.4) is 0 Å². The molecule has 25 heavy (non-hydrogen) atoms. The lowest BCUT2D eigenvalue weighted by atomic mass is 10.2. The molecule has 0 radical (unpaired) electrons. The molecule has 2 aromatic heterocycles. The van der Waals surface area contributed by atoms with Crippen molar-refractivity contribution in [3.8, 4) is 11.8 Å². The summed E-state index contributed by atoms with van der Waals surface area (Å²) in [6, 6.07) is 12.8. The molecular weight excluding hydrogens is 358 g/mol. The van der Waals surface area contributed by atoms with Crippen LogP contribution in [0.15, 0.2) is 46.9 Å². The lowest BCUT2D eigenvalue weighted by Crippen LogP contribution is -2.20. The van der Waals surface area contributed by atoms with Gasteiger partial charge in [-0.1, -0.05) is 17.8 Å². The van der Waals surface area contributed by atoms with Crippen LogP contribution in [0.5, 0.6) is 5.75 Å². The van der Waals surface area contributed by atoms with E-state index in [-0.39, 0.29) is 6.61 Å². The number of ether oxygens (including phenoxy) is 1. The molecule has 1 aromatic carbocycles. The van der Waals surface area contributed by atoms with Gasteiger partial charge in [-0.3, -0.25) is 0 Å². The Morgan fingerprint density at radius 1 is 1.32 bits per heavy atom. The van der Waals surface area contributed by atoms with Crippen LogP contribution in [0.4, 0.5) is 0 Å². The second-order valence-electron chi connectivity index (χ2n) is 5.11. The zero-order valence-electron chi connectivity index (χ0n) is 13.1. The fourth-order valence-electron chi connectivity index (χ4n) is 1.99. The summed E-state index contributed by atoms with van der Waals surface area (Å²) in [5.41, 5.74) is 0.570. The topological polar surface area (TPSA) is 96.8 Å². The molecule has 3 rings (SSSR count). The number of aromatic nitrogens is 4. The van der Waals surface area contributed by atoms with Crippen molar-refractivity contribution in [2.45, 2.75) is 17.8 Å². The Labute approximate surface area is 152 Å². The largest absolute Gasteiger partial charge is 0.491 e. The van der Waals surface area contributed by atoms with Gasteiger partial charge >= 0.3 is 0 Å². The van der Waals surface area contributed by atoms with E-state index in [9.17, 15) is 5.11 Å². The summed E-state index contributed by atoms with van der Waals surface area (Å²) in [7, 11) is 0. The molecule has 9 heteroatoms. The summed E-state index contributed by atoms with van der Waals surface area (Å²) in [5, 5.41) is 33.2. The quantitative estimate of drug-likeness (QED) is 0.605. The SMILES string of the molecule is N#Cc1ccc(OCC(O)CSc2nnnn2Cc2cccs2)cc1. The molecule has 128 valence electrons. The van der Waals surface area contributed by atoms with Crippen molar-refractivity contribution >= 4 is 23.1 Å². The number of hydrogen-bond donors (Lipinski definition) is 1. The average Bonchev–Trinajstić information content (AvgIpc) is 3.31. The van der Waals surface area contributed by atoms with Gasteiger partial charge in [0.05, 0.1) is 24.3 Å². The molecule has 0 fully saturated rings. The number of aliphatic hydroxyl groups is 1. The van der Waals surface area contributed by atoms with E-state index in [4.69, 9.17) is 10.00 Å². The van der Waals surface area contributed by atoms with E-state index in [0.717, 1.165) is 0 Å². The number of rotatable bonds is 8. The third-order valence-electron chi connectivity index (χ3n) is 3.22. The fraction of sp³-hybridized carbons (Fsp3) is 0.250. The maximum atomic E-state index is 10.1. The highest BCUT2D eigenvalue weighted by Crippen LogP contribution is 2.18. The molecule has 3 aromatic rings. The van der Waals surface area contributed by atoms with Gasteiger partial charge in [0.1, 0.15) is 12.4 Å². The minimum Gasteiger partial charge on any atom is -0.491 e. The Balaban J connectivity index is 1.47. The van der Waals surface area contributed by atoms with Crippen LogP contribution in [0.1, 0.15) is 10.4 Å². The lowest BCUT2D eigenvalue weighted by Gasteiger charge is -2.11. The number of thiophene rings is 1. The smallest absolute Gasteiger partial charge is 0.209 e. The summed E-state index contributed by atoms with van der Waals surface area (Å²) in [4.78, 5) is 1.17. The number of nitriles is 1. The molecule has 0 saturated heterocycles. The van der Waals surface area contributed by atoms with Crippen molar-refractivity contribution in [1.29, 1.82) is 5.26 Å². The van der Waals surface area contributed by atoms with Crippen molar-refractivity contribution in [1.82, 2.24) is 20.2 Å². The lowest BCUT2D eigenvalue weighted by molar-refractivity contribution is 0.126. The van der Waals surface area contributed by atoms with Crippen LogP contribution in [0.2, 0.25) is 0 Å². The van der Waals surface area contributed by atoms with Gasteiger partial charge in [-0.2, -0.15) is 5.26 Å². The molecular formula is C16H15N5O2S2. The molecule has 0 aliphatic rings. The predicted octanol–water partition coefficient (Wildman–Crippen LogP) is 2.19. The summed E-state index contributed by atoms with van der Waals surface area (Å²) in [5.74, 6) is 1.03. The van der Waals surface area contributed by atoms with Crippen LogP contribution in [0.25, 0.3) is 0 Å². The van der Waals surface area contributed by atoms with Crippen LogP contribution < -0.4 is 4.74 Å². The number of aliphatic hydroxyl groups excluding tert-OH is 1. The minimum atomic E-state index is -0.660. The van der Waals surface area contributed by atoms with Crippen molar-refractivity contribution in [2.24, 2.45) is 0 Å². The van der Waals surface area contributed by atoms with Crippen LogP contribution in [0, 0.1) is 11.3 Å². The molecule has 0 saturated carbocycles. The van der Waals surface area contributed by atoms with E-state index in [0.29, 0.717) is 28.8 Å². The molecule has 2 heterocycles. The highest BCUT2D eigenvalue weighted by atomic mass is 32.2. The zero-order chi connectivity index (χ0) is 17.5. The van der Waals surface area contributed by atoms with Crippen LogP contribution >= 0.6 is 23.1 Å². The fourth-order valence-corrected chi connectivity index (χ4v) is 3.45. The summed E-state index contributed by atoms with van der Waals surface area (Å²) in [6.07, 6.45) is -0.660. The highest BCUT2D eigenvalue weighted by Gasteiger charge is 2.12. The molecule has 0 aliphatic carbocycles. The molecule has 0 aliphatic heterocycles. The summed E-state index contributed by atoms with van der Waals surface area (Å²) >= 11 is 3.03. The van der Waals surface area contributed by atoms with Crippen LogP contribution in [-0.4, -0.2) is 43.8 Å². The van der Waals surface area contributed by atoms with Crippen LogP contribution in [-0.2, 0) is 6.54 Å². The van der Waals surface area contributed by atoms with Gasteiger partial charge in [-0.25, -0.2) is 4.68 Å². The number of thioether (sulfide) groups is 1. The Morgan fingerprint density at radius 3 is 2.88 bits per heavy atom. The zero-order valence-corrected chi connectivity index (χ0v) is 14.8. The second kappa shape index (κ2) is 8.62. The van der Waals surface area contributed by atoms with E-state index in [2.05, 4.69) is 15.5 Å². The van der Waals surface area contributed by atoms with E-state index in [1.807, 2.05) is 23.6 Å². The maximum absolute atomic E-state index is 10.1. The second-order valence-corrected chi connectivity index (χ2v) is 7.13. The number of nitrogens with zero attached hydrogens (tertiary/aromatic N) is 5. The molecule has 1 atom stereocenters. The maximum Gasteiger partial charge on any atom is 0.209 e. The molecule has 0 spiro atoms. The van der Waals surface area contributed by atoms with Gasteiger partial charge in [0.2, 0.25) is 5.16 Å². The normalized spacial score (nSPS) is 11.8. The third-order valence-corrected chi connectivity index (χ3v) is 5.18. The minimum absolute atomic E-state index is 0.158. The first kappa shape index (κ1) is 17.4. The highest BCUT2D eigenvalue weighted by molar-refractivity contribution is 7.99. The Bertz CT molecular complexity index is 827. The Hall–Kier alpha value is -2.41. The third kappa shape index (κ3) is 5.03. The first-order valence-electron chi connectivity index (χ1n) is 7.47. The first-order chi connectivity index (χ1) is 12.2. The summed E-state index contributed by atoms with van der Waals surface area (Å²) in [6.45, 7) is 0.774. The van der Waals surface area contributed by atoms with Crippen molar-refractivity contribution < 1.29 is 9.84 Å². The Kier molecular flexibility index (Phi) is 6.00. The van der Waals surface area contributed by atoms with Crippen molar-refractivity contribution in [3.63, 3.8) is 0 Å². The predicted molar refractivity (Wildman–Crippen MR) is 94.6 cm³/mol. The molecule has 7 nitrogen and oxygen atoms in total. The van der Waals surface area contributed by atoms with Crippen molar-refractivity contribution in [3.05, 3.63) is 52.2 Å². The van der Waals surface area contributed by atoms with Gasteiger partial charge < -0.3 is 9.84 Å². The van der Waals surface area contributed by atoms with Gasteiger partial charge in [0.15, 0.2) is 0 Å². The van der Waals surface area contributed by atoms with E-state index < -0.39 is 6.10 Å². The standard InChI is InChI=1S/C16H15N5O2S2/c17-8-12-3-5-14(6-4-12)23-10-13(22)11-25-16-18-19-20-21(16)9-15-2-1-7-24-15/h1-7,13,22H,9-11H2. The molecule has 1 unspecified atom stereocenters. The molecule has 1 N–H and O–H groups in total. The average molecular weight is 373 g/mol. The van der Waals surface area contributed by atoms with Gasteiger partial charge in [0.25, 0.3) is 0 Å². The van der Waals surface area contributed by atoms with Gasteiger partial charge in [-0.15, -0.1) is 16.4 Å². The van der Waals surface area contributed by atoms with E-state index in [1.165, 1.54) is 16.6 Å². The number of benzene rings is 1. The number of tetrazole rings is 1. The number of hydrogen-bond acceptors (Lipinski definition) is 8. The first-order valence-corrected chi connectivity index (χ1v) is 9.33. The molecule has 0 amide bonds.